The quantitative estimate of drug-likeness (QED) is 0.767. The molecule has 1 aromatic carbocycles. The van der Waals surface area contributed by atoms with Gasteiger partial charge in [0.25, 0.3) is 0 Å². The maximum atomic E-state index is 11.8. The first kappa shape index (κ1) is 17.8. The molecule has 0 saturated heterocycles. The molecule has 1 rings (SSSR count). The van der Waals surface area contributed by atoms with E-state index >= 15 is 0 Å². The van der Waals surface area contributed by atoms with E-state index in [2.05, 4.69) is 5.32 Å². The Kier molecular flexibility index (Phi) is 5.76. The molecule has 7 nitrogen and oxygen atoms in total. The second-order valence-electron chi connectivity index (χ2n) is 5.81. The lowest BCUT2D eigenvalue weighted by Crippen LogP contribution is -2.32. The van der Waals surface area contributed by atoms with Crippen LogP contribution in [0.1, 0.15) is 26.3 Å². The summed E-state index contributed by atoms with van der Waals surface area (Å²) in [6.45, 7) is 5.27. The average Bonchev–Trinajstić information content (AvgIpc) is 2.36. The van der Waals surface area contributed by atoms with Crippen LogP contribution in [0.3, 0.4) is 0 Å². The van der Waals surface area contributed by atoms with Gasteiger partial charge in [-0.1, -0.05) is 6.07 Å². The second-order valence-corrected chi connectivity index (χ2v) is 5.81. The van der Waals surface area contributed by atoms with Gasteiger partial charge in [0, 0.05) is 0 Å². The van der Waals surface area contributed by atoms with Crippen molar-refractivity contribution >= 4 is 17.7 Å². The Bertz CT molecular complexity index is 551. The number of amides is 1. The lowest BCUT2D eigenvalue weighted by atomic mass is 10.1. The molecule has 0 fully saturated rings. The summed E-state index contributed by atoms with van der Waals surface area (Å²) >= 11 is 0. The number of carboxylic acid groups (broad SMARTS) is 1. The first-order chi connectivity index (χ1) is 10.1. The summed E-state index contributed by atoms with van der Waals surface area (Å²) in [7, 11) is 1.47. The molecule has 0 saturated carbocycles. The van der Waals surface area contributed by atoms with Crippen LogP contribution in [0.15, 0.2) is 18.2 Å². The van der Waals surface area contributed by atoms with Gasteiger partial charge in [-0.25, -0.2) is 4.79 Å². The zero-order chi connectivity index (χ0) is 16.9. The number of ether oxygens (including phenoxy) is 2. The Morgan fingerprint density at radius 2 is 2.00 bits per heavy atom. The van der Waals surface area contributed by atoms with Gasteiger partial charge < -0.3 is 20.3 Å². The summed E-state index contributed by atoms with van der Waals surface area (Å²) in [5, 5.41) is 11.4. The largest absolute Gasteiger partial charge is 0.495 e. The van der Waals surface area contributed by atoms with Gasteiger partial charge in [-0.2, -0.15) is 0 Å². The van der Waals surface area contributed by atoms with Crippen molar-refractivity contribution in [3.05, 3.63) is 23.8 Å². The number of nitrogens with one attached hydrogen (secondary N) is 1. The van der Waals surface area contributed by atoms with Crippen molar-refractivity contribution in [2.45, 2.75) is 38.8 Å². The van der Waals surface area contributed by atoms with Crippen molar-refractivity contribution in [3.8, 4) is 5.75 Å². The fourth-order valence-electron chi connectivity index (χ4n) is 1.73. The Labute approximate surface area is 129 Å². The molecule has 0 aliphatic heterocycles. The van der Waals surface area contributed by atoms with E-state index in [0.29, 0.717) is 17.0 Å². The first-order valence-electron chi connectivity index (χ1n) is 6.77. The molecule has 22 heavy (non-hydrogen) atoms. The third-order valence-electron chi connectivity index (χ3n) is 2.67. The van der Waals surface area contributed by atoms with Crippen molar-refractivity contribution in [2.24, 2.45) is 5.73 Å². The van der Waals surface area contributed by atoms with E-state index in [-0.39, 0.29) is 6.42 Å². The summed E-state index contributed by atoms with van der Waals surface area (Å²) < 4.78 is 10.3. The second kappa shape index (κ2) is 7.13. The summed E-state index contributed by atoms with van der Waals surface area (Å²) in [6, 6.07) is 3.94. The van der Waals surface area contributed by atoms with E-state index < -0.39 is 23.7 Å². The summed E-state index contributed by atoms with van der Waals surface area (Å²) in [4.78, 5) is 22.6. The molecule has 0 heterocycles. The zero-order valence-corrected chi connectivity index (χ0v) is 13.2. The van der Waals surface area contributed by atoms with Gasteiger partial charge in [0.2, 0.25) is 0 Å². The first-order valence-corrected chi connectivity index (χ1v) is 6.77. The van der Waals surface area contributed by atoms with Crippen LogP contribution in [0.25, 0.3) is 0 Å². The molecule has 0 aliphatic rings. The van der Waals surface area contributed by atoms with E-state index in [1.54, 1.807) is 39.0 Å². The number of benzene rings is 1. The minimum absolute atomic E-state index is 0.141. The molecular weight excluding hydrogens is 288 g/mol. The summed E-state index contributed by atoms with van der Waals surface area (Å²) in [5.41, 5.74) is 5.95. The topological polar surface area (TPSA) is 111 Å². The number of carbonyl (C=O) groups is 2. The number of carbonyl (C=O) groups excluding carboxylic acids is 1. The summed E-state index contributed by atoms with van der Waals surface area (Å²) in [6.07, 6.45) is -0.479. The molecule has 0 bridgehead atoms. The van der Waals surface area contributed by atoms with Gasteiger partial charge in [-0.3, -0.25) is 10.1 Å². The smallest absolute Gasteiger partial charge is 0.412 e. The number of hydrogen-bond donors (Lipinski definition) is 3. The van der Waals surface area contributed by atoms with Gasteiger partial charge >= 0.3 is 12.1 Å². The monoisotopic (exact) mass is 310 g/mol. The molecule has 0 spiro atoms. The van der Waals surface area contributed by atoms with E-state index in [4.69, 9.17) is 20.3 Å². The minimum Gasteiger partial charge on any atom is -0.495 e. The number of anilines is 1. The Hall–Kier alpha value is -2.28. The molecule has 4 N–H and O–H groups in total. The molecule has 1 unspecified atom stereocenters. The fraction of sp³-hybridized carbons (Fsp3) is 0.467. The fourth-order valence-corrected chi connectivity index (χ4v) is 1.73. The van der Waals surface area contributed by atoms with Crippen molar-refractivity contribution in [1.82, 2.24) is 0 Å². The predicted octanol–water partition coefficient (Wildman–Crippen LogP) is 2.00. The van der Waals surface area contributed by atoms with Crippen LogP contribution in [0.2, 0.25) is 0 Å². The maximum Gasteiger partial charge on any atom is 0.412 e. The number of methoxy groups -OCH3 is 1. The zero-order valence-electron chi connectivity index (χ0n) is 13.2. The lowest BCUT2D eigenvalue weighted by Gasteiger charge is -2.20. The highest BCUT2D eigenvalue weighted by molar-refractivity contribution is 5.87. The van der Waals surface area contributed by atoms with Gasteiger partial charge in [-0.15, -0.1) is 0 Å². The van der Waals surface area contributed by atoms with Gasteiger partial charge in [0.05, 0.1) is 12.8 Å². The van der Waals surface area contributed by atoms with Crippen LogP contribution in [0.4, 0.5) is 10.5 Å². The molecule has 1 amide bonds. The van der Waals surface area contributed by atoms with Gasteiger partial charge in [0.15, 0.2) is 0 Å². The number of carboxylic acids is 1. The van der Waals surface area contributed by atoms with Crippen molar-refractivity contribution in [1.29, 1.82) is 0 Å². The van der Waals surface area contributed by atoms with E-state index in [1.165, 1.54) is 7.11 Å². The highest BCUT2D eigenvalue weighted by Crippen LogP contribution is 2.26. The van der Waals surface area contributed by atoms with Crippen LogP contribution in [0, 0.1) is 0 Å². The molecule has 0 aliphatic carbocycles. The van der Waals surface area contributed by atoms with Gasteiger partial charge in [-0.05, 0) is 44.9 Å². The third-order valence-corrected chi connectivity index (χ3v) is 2.67. The van der Waals surface area contributed by atoms with E-state index in [0.717, 1.165) is 0 Å². The molecule has 0 aromatic heterocycles. The van der Waals surface area contributed by atoms with Crippen LogP contribution in [-0.2, 0) is 16.0 Å². The summed E-state index contributed by atoms with van der Waals surface area (Å²) in [5.74, 6) is -0.643. The lowest BCUT2D eigenvalue weighted by molar-refractivity contribution is -0.138. The number of rotatable bonds is 5. The number of nitrogens with two attached hydrogens (primary N) is 1. The van der Waals surface area contributed by atoms with Crippen LogP contribution < -0.4 is 15.8 Å². The standard InChI is InChI=1S/C15H22N2O5/c1-15(2,3)22-14(20)17-11-8-9(5-6-12(11)21-4)7-10(16)13(18)19/h5-6,8,10H,7,16H2,1-4H3,(H,17,20)(H,18,19). The van der Waals surface area contributed by atoms with Crippen molar-refractivity contribution in [2.75, 3.05) is 12.4 Å². The van der Waals surface area contributed by atoms with Crippen LogP contribution >= 0.6 is 0 Å². The predicted molar refractivity (Wildman–Crippen MR) is 82.2 cm³/mol. The highest BCUT2D eigenvalue weighted by Gasteiger charge is 2.18. The minimum atomic E-state index is -1.09. The molecule has 0 radical (unpaired) electrons. The maximum absolute atomic E-state index is 11.8. The molecule has 7 heteroatoms. The van der Waals surface area contributed by atoms with E-state index in [9.17, 15) is 9.59 Å². The van der Waals surface area contributed by atoms with Crippen molar-refractivity contribution < 1.29 is 24.2 Å². The number of hydrogen-bond acceptors (Lipinski definition) is 5. The Morgan fingerprint density at radius 3 is 2.50 bits per heavy atom. The van der Waals surface area contributed by atoms with Crippen LogP contribution in [0.5, 0.6) is 5.75 Å². The molecule has 1 atom stereocenters. The van der Waals surface area contributed by atoms with Crippen LogP contribution in [-0.4, -0.2) is 35.9 Å². The van der Waals surface area contributed by atoms with E-state index in [1.807, 2.05) is 0 Å². The molecule has 1 aromatic rings. The average molecular weight is 310 g/mol. The van der Waals surface area contributed by atoms with Crippen molar-refractivity contribution in [3.63, 3.8) is 0 Å². The highest BCUT2D eigenvalue weighted by atomic mass is 16.6. The number of aliphatic carboxylic acids is 1. The van der Waals surface area contributed by atoms with Gasteiger partial charge in [0.1, 0.15) is 17.4 Å². The Balaban J connectivity index is 2.92. The molecule has 122 valence electrons. The third kappa shape index (κ3) is 5.61. The SMILES string of the molecule is COc1ccc(CC(N)C(=O)O)cc1NC(=O)OC(C)(C)C. The Morgan fingerprint density at radius 1 is 1.36 bits per heavy atom. The normalized spacial score (nSPS) is 12.4. The molecular formula is C15H22N2O5.